The molecule has 0 aliphatic carbocycles. The van der Waals surface area contributed by atoms with Crippen molar-refractivity contribution >= 4 is 5.91 Å². The largest absolute Gasteiger partial charge is 0.303 e. The molecule has 1 fully saturated rings. The van der Waals surface area contributed by atoms with Gasteiger partial charge in [0.1, 0.15) is 0 Å². The van der Waals surface area contributed by atoms with Gasteiger partial charge in [0.05, 0.1) is 5.54 Å². The Morgan fingerprint density at radius 3 is 2.91 bits per heavy atom. The van der Waals surface area contributed by atoms with Gasteiger partial charge in [0.2, 0.25) is 0 Å². The molecule has 4 heteroatoms. The molecular formula is C7H14N2O2. The van der Waals surface area contributed by atoms with E-state index in [-0.39, 0.29) is 5.91 Å². The van der Waals surface area contributed by atoms with Crippen LogP contribution in [-0.2, 0) is 4.79 Å². The highest BCUT2D eigenvalue weighted by atomic mass is 16.5. The zero-order chi connectivity index (χ0) is 8.32. The van der Waals surface area contributed by atoms with Crippen molar-refractivity contribution in [1.29, 1.82) is 0 Å². The third-order valence-electron chi connectivity index (χ3n) is 2.38. The van der Waals surface area contributed by atoms with Crippen molar-refractivity contribution in [2.75, 3.05) is 6.54 Å². The third-order valence-corrected chi connectivity index (χ3v) is 2.38. The normalized spacial score (nSPS) is 30.4. The Kier molecular flexibility index (Phi) is 2.46. The van der Waals surface area contributed by atoms with Crippen molar-refractivity contribution in [1.82, 2.24) is 10.8 Å². The van der Waals surface area contributed by atoms with Crippen LogP contribution in [0.2, 0.25) is 0 Å². The molecule has 64 valence electrons. The Bertz CT molecular complexity index is 153. The molecule has 1 amide bonds. The van der Waals surface area contributed by atoms with E-state index in [2.05, 4.69) is 5.32 Å². The summed E-state index contributed by atoms with van der Waals surface area (Å²) in [7, 11) is 0. The van der Waals surface area contributed by atoms with Crippen LogP contribution in [0.5, 0.6) is 0 Å². The van der Waals surface area contributed by atoms with Crippen LogP contribution in [0.4, 0.5) is 0 Å². The van der Waals surface area contributed by atoms with E-state index >= 15 is 0 Å². The molecule has 4 nitrogen and oxygen atoms in total. The predicted octanol–water partition coefficient (Wildman–Crippen LogP) is 0.0240. The highest BCUT2D eigenvalue weighted by molar-refractivity contribution is 5.85. The van der Waals surface area contributed by atoms with E-state index < -0.39 is 5.54 Å². The lowest BCUT2D eigenvalue weighted by Gasteiger charge is -2.24. The first-order valence-electron chi connectivity index (χ1n) is 3.95. The van der Waals surface area contributed by atoms with Crippen LogP contribution in [0.15, 0.2) is 0 Å². The molecule has 1 rings (SSSR count). The quantitative estimate of drug-likeness (QED) is 0.392. The number of hydroxylamine groups is 1. The molecule has 1 aliphatic heterocycles. The molecule has 1 saturated heterocycles. The first kappa shape index (κ1) is 8.49. The second kappa shape index (κ2) is 3.19. The lowest BCUT2D eigenvalue weighted by atomic mass is 9.94. The molecule has 11 heavy (non-hydrogen) atoms. The molecule has 0 radical (unpaired) electrons. The van der Waals surface area contributed by atoms with Gasteiger partial charge in [-0.25, -0.2) is 5.48 Å². The maximum Gasteiger partial charge on any atom is 0.263 e. The number of carbonyl (C=O) groups is 1. The molecule has 1 atom stereocenters. The molecule has 0 aromatic heterocycles. The van der Waals surface area contributed by atoms with Gasteiger partial charge in [0.15, 0.2) is 0 Å². The standard InChI is InChI=1S/C7H14N2O2/c1-2-7(6(10)9-11)4-3-5-8-7/h8,11H,2-5H2,1H3,(H,9,10). The number of rotatable bonds is 2. The van der Waals surface area contributed by atoms with Crippen LogP contribution < -0.4 is 10.8 Å². The van der Waals surface area contributed by atoms with Crippen LogP contribution >= 0.6 is 0 Å². The molecule has 0 aromatic carbocycles. The second-order valence-electron chi connectivity index (χ2n) is 2.91. The SMILES string of the molecule is CCC1(C(=O)NO)CCCN1. The molecule has 0 bridgehead atoms. The van der Waals surface area contributed by atoms with E-state index in [1.54, 1.807) is 5.48 Å². The van der Waals surface area contributed by atoms with Gasteiger partial charge in [-0.3, -0.25) is 10.0 Å². The van der Waals surface area contributed by atoms with Gasteiger partial charge in [0, 0.05) is 0 Å². The minimum absolute atomic E-state index is 0.308. The van der Waals surface area contributed by atoms with Crippen molar-refractivity contribution in [3.63, 3.8) is 0 Å². The molecule has 1 heterocycles. The number of carbonyl (C=O) groups excluding carboxylic acids is 1. The monoisotopic (exact) mass is 158 g/mol. The molecular weight excluding hydrogens is 144 g/mol. The fraction of sp³-hybridized carbons (Fsp3) is 0.857. The Balaban J connectivity index is 2.66. The molecule has 1 aliphatic rings. The molecule has 0 aromatic rings. The Morgan fingerprint density at radius 2 is 2.55 bits per heavy atom. The van der Waals surface area contributed by atoms with Gasteiger partial charge < -0.3 is 5.32 Å². The van der Waals surface area contributed by atoms with Crippen molar-refractivity contribution in [3.8, 4) is 0 Å². The number of nitrogens with one attached hydrogen (secondary N) is 2. The smallest absolute Gasteiger partial charge is 0.263 e. The van der Waals surface area contributed by atoms with Crippen LogP contribution in [0, 0.1) is 0 Å². The summed E-state index contributed by atoms with van der Waals surface area (Å²) in [5.41, 5.74) is 1.19. The lowest BCUT2D eigenvalue weighted by Crippen LogP contribution is -2.52. The lowest BCUT2D eigenvalue weighted by molar-refractivity contribution is -0.135. The van der Waals surface area contributed by atoms with E-state index in [0.717, 1.165) is 25.8 Å². The fourth-order valence-corrected chi connectivity index (χ4v) is 1.57. The molecule has 1 unspecified atom stereocenters. The summed E-state index contributed by atoms with van der Waals surface area (Å²) in [5, 5.41) is 11.6. The van der Waals surface area contributed by atoms with Crippen LogP contribution in [0.1, 0.15) is 26.2 Å². The van der Waals surface area contributed by atoms with Crippen molar-refractivity contribution in [3.05, 3.63) is 0 Å². The fourth-order valence-electron chi connectivity index (χ4n) is 1.57. The zero-order valence-electron chi connectivity index (χ0n) is 6.68. The number of amides is 1. The topological polar surface area (TPSA) is 61.4 Å². The summed E-state index contributed by atoms with van der Waals surface area (Å²) in [6.07, 6.45) is 2.54. The first-order valence-corrected chi connectivity index (χ1v) is 3.95. The summed E-state index contributed by atoms with van der Waals surface area (Å²) in [6.45, 7) is 2.80. The van der Waals surface area contributed by atoms with Crippen molar-refractivity contribution in [2.24, 2.45) is 0 Å². The van der Waals surface area contributed by atoms with Gasteiger partial charge in [-0.1, -0.05) is 6.92 Å². The van der Waals surface area contributed by atoms with Crippen molar-refractivity contribution in [2.45, 2.75) is 31.7 Å². The maximum absolute atomic E-state index is 11.1. The Labute approximate surface area is 65.9 Å². The van der Waals surface area contributed by atoms with E-state index in [0.29, 0.717) is 0 Å². The zero-order valence-corrected chi connectivity index (χ0v) is 6.68. The summed E-state index contributed by atoms with van der Waals surface area (Å²) in [6, 6.07) is 0. The third kappa shape index (κ3) is 1.36. The van der Waals surface area contributed by atoms with Gasteiger partial charge in [-0.15, -0.1) is 0 Å². The van der Waals surface area contributed by atoms with Gasteiger partial charge in [-0.2, -0.15) is 0 Å². The first-order chi connectivity index (χ1) is 5.25. The summed E-state index contributed by atoms with van der Waals surface area (Å²) in [4.78, 5) is 11.1. The Hall–Kier alpha value is -0.610. The van der Waals surface area contributed by atoms with E-state index in [4.69, 9.17) is 5.21 Å². The predicted molar refractivity (Wildman–Crippen MR) is 40.2 cm³/mol. The van der Waals surface area contributed by atoms with Gasteiger partial charge in [0.25, 0.3) is 5.91 Å². The van der Waals surface area contributed by atoms with Crippen LogP contribution in [0.3, 0.4) is 0 Å². The number of hydrogen-bond donors (Lipinski definition) is 3. The summed E-state index contributed by atoms with van der Waals surface area (Å²) < 4.78 is 0. The minimum atomic E-state index is -0.505. The van der Waals surface area contributed by atoms with Gasteiger partial charge in [-0.05, 0) is 25.8 Å². The van der Waals surface area contributed by atoms with E-state index in [9.17, 15) is 4.79 Å². The molecule has 0 spiro atoms. The van der Waals surface area contributed by atoms with Crippen LogP contribution in [0.25, 0.3) is 0 Å². The van der Waals surface area contributed by atoms with E-state index in [1.165, 1.54) is 0 Å². The average Bonchev–Trinajstić information content (AvgIpc) is 2.52. The minimum Gasteiger partial charge on any atom is -0.303 e. The summed E-state index contributed by atoms with van der Waals surface area (Å²) >= 11 is 0. The highest BCUT2D eigenvalue weighted by Gasteiger charge is 2.38. The average molecular weight is 158 g/mol. The maximum atomic E-state index is 11.1. The summed E-state index contributed by atoms with van der Waals surface area (Å²) in [5.74, 6) is -0.308. The number of hydrogen-bond acceptors (Lipinski definition) is 3. The highest BCUT2D eigenvalue weighted by Crippen LogP contribution is 2.22. The molecule has 3 N–H and O–H groups in total. The van der Waals surface area contributed by atoms with Crippen molar-refractivity contribution < 1.29 is 10.0 Å². The Morgan fingerprint density at radius 1 is 1.82 bits per heavy atom. The van der Waals surface area contributed by atoms with Crippen LogP contribution in [-0.4, -0.2) is 23.2 Å². The van der Waals surface area contributed by atoms with Gasteiger partial charge >= 0.3 is 0 Å². The van der Waals surface area contributed by atoms with E-state index in [1.807, 2.05) is 6.92 Å². The molecule has 0 saturated carbocycles. The second-order valence-corrected chi connectivity index (χ2v) is 2.91.